The summed E-state index contributed by atoms with van der Waals surface area (Å²) in [4.78, 5) is 45.3. The quantitative estimate of drug-likeness (QED) is 0.692. The second-order valence-corrected chi connectivity index (χ2v) is 10.1. The van der Waals surface area contributed by atoms with Crippen molar-refractivity contribution in [2.75, 3.05) is 54.5 Å². The van der Waals surface area contributed by atoms with Crippen LogP contribution in [0.15, 0.2) is 42.5 Å². The molecule has 36 heavy (non-hydrogen) atoms. The Morgan fingerprint density at radius 1 is 1.00 bits per heavy atom. The van der Waals surface area contributed by atoms with Crippen molar-refractivity contribution >= 4 is 34.8 Å². The van der Waals surface area contributed by atoms with E-state index in [2.05, 4.69) is 24.1 Å². The first-order valence-corrected chi connectivity index (χ1v) is 12.9. The van der Waals surface area contributed by atoms with Crippen molar-refractivity contribution < 1.29 is 19.1 Å². The topological polar surface area (TPSA) is 82.2 Å². The lowest BCUT2D eigenvalue weighted by Crippen LogP contribution is -2.56. The van der Waals surface area contributed by atoms with Crippen molar-refractivity contribution in [2.24, 2.45) is 0 Å². The second kappa shape index (κ2) is 10.3. The van der Waals surface area contributed by atoms with Gasteiger partial charge >= 0.3 is 0 Å². The van der Waals surface area contributed by atoms with E-state index in [1.165, 1.54) is 5.56 Å². The number of carbonyl (C=O) groups excluding carboxylic acids is 3. The standard InChI is InChI=1S/C28H34N4O4/c1-19(2)20-6-9-22(10-7-20)29-26(33)18-32-25-17-21(27(34)30-13-15-36-16-14-30)8-11-23(25)31-12-4-3-5-24(31)28(32)35/h6-11,17,19,24H,3-5,12-16,18H2,1-2H3,(H,29,33)/t24-/m1/s1. The van der Waals surface area contributed by atoms with E-state index in [0.29, 0.717) is 49.2 Å². The molecule has 1 N–H and O–H groups in total. The van der Waals surface area contributed by atoms with E-state index >= 15 is 0 Å². The third-order valence-corrected chi connectivity index (χ3v) is 7.34. The summed E-state index contributed by atoms with van der Waals surface area (Å²) in [6, 6.07) is 13.1. The SMILES string of the molecule is CC(C)c1ccc(NC(=O)CN2C(=O)[C@H]3CCCCN3c3ccc(C(=O)N4CCOCC4)cc32)cc1. The number of nitrogens with zero attached hydrogens (tertiary/aromatic N) is 3. The molecule has 2 aromatic carbocycles. The molecular formula is C28H34N4O4. The molecule has 0 unspecified atom stereocenters. The normalized spacial score (nSPS) is 19.7. The van der Waals surface area contributed by atoms with E-state index in [1.807, 2.05) is 36.4 Å². The largest absolute Gasteiger partial charge is 0.378 e. The Labute approximate surface area is 212 Å². The minimum Gasteiger partial charge on any atom is -0.378 e. The van der Waals surface area contributed by atoms with Crippen LogP contribution < -0.4 is 15.1 Å². The highest BCUT2D eigenvalue weighted by atomic mass is 16.5. The molecule has 2 fully saturated rings. The van der Waals surface area contributed by atoms with Crippen LogP contribution in [0, 0.1) is 0 Å². The van der Waals surface area contributed by atoms with Crippen molar-refractivity contribution in [3.05, 3.63) is 53.6 Å². The number of hydrogen-bond donors (Lipinski definition) is 1. The van der Waals surface area contributed by atoms with Gasteiger partial charge in [0.15, 0.2) is 0 Å². The number of ether oxygens (including phenoxy) is 1. The average molecular weight is 491 g/mol. The van der Waals surface area contributed by atoms with Crippen molar-refractivity contribution in [3.63, 3.8) is 0 Å². The fourth-order valence-corrected chi connectivity index (χ4v) is 5.30. The molecule has 8 heteroatoms. The van der Waals surface area contributed by atoms with Crippen LogP contribution in [-0.2, 0) is 14.3 Å². The van der Waals surface area contributed by atoms with Crippen molar-refractivity contribution in [1.29, 1.82) is 0 Å². The molecule has 1 atom stereocenters. The summed E-state index contributed by atoms with van der Waals surface area (Å²) in [7, 11) is 0. The Morgan fingerprint density at radius 3 is 2.47 bits per heavy atom. The van der Waals surface area contributed by atoms with Crippen molar-refractivity contribution in [1.82, 2.24) is 4.90 Å². The predicted octanol–water partition coefficient (Wildman–Crippen LogP) is 3.63. The number of nitrogens with one attached hydrogen (secondary N) is 1. The highest BCUT2D eigenvalue weighted by Crippen LogP contribution is 2.40. The molecule has 190 valence electrons. The van der Waals surface area contributed by atoms with Gasteiger partial charge in [0.25, 0.3) is 5.91 Å². The van der Waals surface area contributed by atoms with E-state index in [4.69, 9.17) is 4.74 Å². The minimum atomic E-state index is -0.273. The number of amides is 3. The summed E-state index contributed by atoms with van der Waals surface area (Å²) >= 11 is 0. The van der Waals surface area contributed by atoms with Gasteiger partial charge in [-0.05, 0) is 61.1 Å². The first-order chi connectivity index (χ1) is 17.4. The molecule has 3 aliphatic rings. The molecule has 5 rings (SSSR count). The van der Waals surface area contributed by atoms with E-state index in [1.54, 1.807) is 15.9 Å². The lowest BCUT2D eigenvalue weighted by Gasteiger charge is -2.45. The Bertz CT molecular complexity index is 1140. The van der Waals surface area contributed by atoms with Crippen molar-refractivity contribution in [3.8, 4) is 0 Å². The minimum absolute atomic E-state index is 0.0797. The van der Waals surface area contributed by atoms with Crippen LogP contribution in [0.5, 0.6) is 0 Å². The Kier molecular flexibility index (Phi) is 6.96. The van der Waals surface area contributed by atoms with Gasteiger partial charge in [0.05, 0.1) is 24.6 Å². The van der Waals surface area contributed by atoms with E-state index in [0.717, 1.165) is 31.5 Å². The lowest BCUT2D eigenvalue weighted by molar-refractivity contribution is -0.123. The Hall–Kier alpha value is -3.39. The summed E-state index contributed by atoms with van der Waals surface area (Å²) in [5.74, 6) is -0.0155. The first kappa shape index (κ1) is 24.3. The first-order valence-electron chi connectivity index (χ1n) is 12.9. The van der Waals surface area contributed by atoms with Gasteiger partial charge in [0, 0.05) is 30.9 Å². The zero-order valence-corrected chi connectivity index (χ0v) is 21.0. The zero-order valence-electron chi connectivity index (χ0n) is 21.0. The summed E-state index contributed by atoms with van der Waals surface area (Å²) in [6.07, 6.45) is 2.77. The number of carbonyl (C=O) groups is 3. The molecule has 0 aliphatic carbocycles. The maximum absolute atomic E-state index is 13.6. The lowest BCUT2D eigenvalue weighted by atomic mass is 9.95. The van der Waals surface area contributed by atoms with Gasteiger partial charge < -0.3 is 19.9 Å². The maximum Gasteiger partial charge on any atom is 0.254 e. The predicted molar refractivity (Wildman–Crippen MR) is 140 cm³/mol. The van der Waals surface area contributed by atoms with Crippen LogP contribution >= 0.6 is 0 Å². The molecule has 3 amide bonds. The molecule has 3 heterocycles. The average Bonchev–Trinajstić information content (AvgIpc) is 2.91. The Balaban J connectivity index is 1.41. The van der Waals surface area contributed by atoms with Crippen molar-refractivity contribution in [2.45, 2.75) is 45.1 Å². The molecule has 3 aliphatic heterocycles. The van der Waals surface area contributed by atoms with Gasteiger partial charge in [-0.2, -0.15) is 0 Å². The monoisotopic (exact) mass is 490 g/mol. The fourth-order valence-electron chi connectivity index (χ4n) is 5.30. The summed E-state index contributed by atoms with van der Waals surface area (Å²) in [5, 5.41) is 2.93. The van der Waals surface area contributed by atoms with Gasteiger partial charge in [-0.1, -0.05) is 26.0 Å². The highest BCUT2D eigenvalue weighted by molar-refractivity contribution is 6.11. The number of fused-ring (bicyclic) bond motifs is 3. The van der Waals surface area contributed by atoms with Crippen LogP contribution in [0.2, 0.25) is 0 Å². The molecule has 0 aromatic heterocycles. The number of anilines is 3. The van der Waals surface area contributed by atoms with Crippen LogP contribution in [0.1, 0.15) is 54.9 Å². The van der Waals surface area contributed by atoms with Crippen LogP contribution in [0.3, 0.4) is 0 Å². The third-order valence-electron chi connectivity index (χ3n) is 7.34. The molecule has 8 nitrogen and oxygen atoms in total. The maximum atomic E-state index is 13.6. The molecular weight excluding hydrogens is 456 g/mol. The number of hydrogen-bond acceptors (Lipinski definition) is 5. The zero-order chi connectivity index (χ0) is 25.2. The number of piperidine rings is 1. The van der Waals surface area contributed by atoms with Crippen LogP contribution in [-0.4, -0.2) is 68.1 Å². The fraction of sp³-hybridized carbons (Fsp3) is 0.464. The number of rotatable bonds is 5. The van der Waals surface area contributed by atoms with Crippen LogP contribution in [0.4, 0.5) is 17.1 Å². The number of benzene rings is 2. The second-order valence-electron chi connectivity index (χ2n) is 10.1. The summed E-state index contributed by atoms with van der Waals surface area (Å²) < 4.78 is 5.38. The molecule has 2 saturated heterocycles. The van der Waals surface area contributed by atoms with E-state index in [-0.39, 0.29) is 30.3 Å². The van der Waals surface area contributed by atoms with Gasteiger partial charge in [0.2, 0.25) is 11.8 Å². The Morgan fingerprint density at radius 2 is 1.75 bits per heavy atom. The van der Waals surface area contributed by atoms with Gasteiger partial charge in [-0.25, -0.2) is 0 Å². The molecule has 0 spiro atoms. The molecule has 0 bridgehead atoms. The summed E-state index contributed by atoms with van der Waals surface area (Å²) in [6.45, 7) is 7.08. The van der Waals surface area contributed by atoms with E-state index in [9.17, 15) is 14.4 Å². The van der Waals surface area contributed by atoms with Crippen LogP contribution in [0.25, 0.3) is 0 Å². The van der Waals surface area contributed by atoms with E-state index < -0.39 is 0 Å². The van der Waals surface area contributed by atoms with Gasteiger partial charge in [0.1, 0.15) is 12.6 Å². The molecule has 0 radical (unpaired) electrons. The highest BCUT2D eigenvalue weighted by Gasteiger charge is 2.40. The number of morpholine rings is 1. The van der Waals surface area contributed by atoms with Gasteiger partial charge in [-0.3, -0.25) is 19.3 Å². The molecule has 2 aromatic rings. The molecule has 0 saturated carbocycles. The third kappa shape index (κ3) is 4.82. The van der Waals surface area contributed by atoms with Gasteiger partial charge in [-0.15, -0.1) is 0 Å². The smallest absolute Gasteiger partial charge is 0.254 e. The summed E-state index contributed by atoms with van der Waals surface area (Å²) in [5.41, 5.74) is 3.95.